The molecule has 2 unspecified atom stereocenters. The van der Waals surface area contributed by atoms with Crippen LogP contribution in [0.1, 0.15) is 36.4 Å². The van der Waals surface area contributed by atoms with E-state index in [9.17, 15) is 5.11 Å². The molecule has 2 atom stereocenters. The van der Waals surface area contributed by atoms with Crippen molar-refractivity contribution < 1.29 is 14.4 Å². The van der Waals surface area contributed by atoms with E-state index < -0.39 is 6.10 Å². The number of nitrogens with zero attached hydrogens (tertiary/aromatic N) is 2. The average Bonchev–Trinajstić information content (AvgIpc) is 2.87. The summed E-state index contributed by atoms with van der Waals surface area (Å²) in [6.07, 6.45) is -0.554. The molecule has 0 fully saturated rings. The van der Waals surface area contributed by atoms with Gasteiger partial charge in [-0.1, -0.05) is 35.5 Å². The highest BCUT2D eigenvalue weighted by atomic mass is 16.5. The van der Waals surface area contributed by atoms with E-state index in [0.29, 0.717) is 18.1 Å². The molecule has 96 valence electrons. The first-order valence-electron chi connectivity index (χ1n) is 5.79. The highest BCUT2D eigenvalue weighted by Gasteiger charge is 2.16. The predicted octanol–water partition coefficient (Wildman–Crippen LogP) is 2.05. The van der Waals surface area contributed by atoms with Crippen molar-refractivity contribution in [2.45, 2.75) is 25.6 Å². The zero-order chi connectivity index (χ0) is 13.0. The smallest absolute Gasteiger partial charge is 0.229 e. The lowest BCUT2D eigenvalue weighted by molar-refractivity contribution is 0.109. The molecule has 0 aliphatic carbocycles. The van der Waals surface area contributed by atoms with Gasteiger partial charge in [0.2, 0.25) is 5.89 Å². The van der Waals surface area contributed by atoms with E-state index in [1.165, 1.54) is 0 Å². The Labute approximate surface area is 105 Å². The van der Waals surface area contributed by atoms with Crippen molar-refractivity contribution in [3.8, 4) is 0 Å². The first-order valence-corrected chi connectivity index (χ1v) is 5.79. The summed E-state index contributed by atoms with van der Waals surface area (Å²) in [5, 5.41) is 13.8. The SMILES string of the molecule is COC(C)c1noc(CC(O)c2ccccc2)n1. The number of hydrogen-bond donors (Lipinski definition) is 1. The summed E-state index contributed by atoms with van der Waals surface area (Å²) in [4.78, 5) is 4.18. The minimum absolute atomic E-state index is 0.212. The Kier molecular flexibility index (Phi) is 4.07. The molecule has 5 nitrogen and oxygen atoms in total. The maximum atomic E-state index is 10.0. The second-order valence-electron chi connectivity index (χ2n) is 4.05. The second-order valence-corrected chi connectivity index (χ2v) is 4.05. The summed E-state index contributed by atoms with van der Waals surface area (Å²) >= 11 is 0. The van der Waals surface area contributed by atoms with Gasteiger partial charge >= 0.3 is 0 Å². The van der Waals surface area contributed by atoms with Gasteiger partial charge in [-0.05, 0) is 12.5 Å². The number of ether oxygens (including phenoxy) is 1. The van der Waals surface area contributed by atoms with Crippen molar-refractivity contribution in [1.29, 1.82) is 0 Å². The fourth-order valence-corrected chi connectivity index (χ4v) is 1.58. The van der Waals surface area contributed by atoms with Crippen molar-refractivity contribution >= 4 is 0 Å². The monoisotopic (exact) mass is 248 g/mol. The molecular formula is C13H16N2O3. The van der Waals surface area contributed by atoms with E-state index in [1.807, 2.05) is 37.3 Å². The third-order valence-electron chi connectivity index (χ3n) is 2.75. The van der Waals surface area contributed by atoms with Gasteiger partial charge in [0.1, 0.15) is 6.10 Å². The number of aliphatic hydroxyl groups is 1. The fourth-order valence-electron chi connectivity index (χ4n) is 1.58. The van der Waals surface area contributed by atoms with E-state index >= 15 is 0 Å². The van der Waals surface area contributed by atoms with Gasteiger partial charge < -0.3 is 14.4 Å². The molecule has 0 saturated heterocycles. The molecule has 1 heterocycles. The molecule has 0 aliphatic heterocycles. The summed E-state index contributed by atoms with van der Waals surface area (Å²) in [7, 11) is 1.58. The molecule has 18 heavy (non-hydrogen) atoms. The number of methoxy groups -OCH3 is 1. The van der Waals surface area contributed by atoms with Crippen LogP contribution in [0.2, 0.25) is 0 Å². The number of hydrogen-bond acceptors (Lipinski definition) is 5. The molecule has 5 heteroatoms. The Bertz CT molecular complexity index is 484. The van der Waals surface area contributed by atoms with Crippen molar-refractivity contribution in [2.75, 3.05) is 7.11 Å². The fraction of sp³-hybridized carbons (Fsp3) is 0.385. The average molecular weight is 248 g/mol. The Morgan fingerprint density at radius 2 is 2.06 bits per heavy atom. The molecule has 0 bridgehead atoms. The van der Waals surface area contributed by atoms with E-state index in [4.69, 9.17) is 9.26 Å². The van der Waals surface area contributed by atoms with Gasteiger partial charge in [0.05, 0.1) is 12.5 Å². The summed E-state index contributed by atoms with van der Waals surface area (Å²) in [5.41, 5.74) is 0.831. The van der Waals surface area contributed by atoms with Crippen LogP contribution in [0.15, 0.2) is 34.9 Å². The summed E-state index contributed by atoms with van der Waals surface area (Å²) < 4.78 is 10.2. The van der Waals surface area contributed by atoms with Crippen LogP contribution in [0, 0.1) is 0 Å². The molecule has 1 N–H and O–H groups in total. The van der Waals surface area contributed by atoms with Crippen LogP contribution in [0.25, 0.3) is 0 Å². The van der Waals surface area contributed by atoms with Gasteiger partial charge in [-0.15, -0.1) is 0 Å². The van der Waals surface area contributed by atoms with Gasteiger partial charge in [-0.25, -0.2) is 0 Å². The number of rotatable bonds is 5. The molecular weight excluding hydrogens is 232 g/mol. The predicted molar refractivity (Wildman–Crippen MR) is 64.8 cm³/mol. The van der Waals surface area contributed by atoms with Crippen LogP contribution in [-0.4, -0.2) is 22.4 Å². The highest BCUT2D eigenvalue weighted by molar-refractivity contribution is 5.18. The summed E-state index contributed by atoms with van der Waals surface area (Å²) in [6, 6.07) is 9.39. The number of aromatic nitrogens is 2. The van der Waals surface area contributed by atoms with Gasteiger partial charge in [0, 0.05) is 7.11 Å². The highest BCUT2D eigenvalue weighted by Crippen LogP contribution is 2.18. The normalized spacial score (nSPS) is 14.4. The molecule has 0 saturated carbocycles. The van der Waals surface area contributed by atoms with Crippen LogP contribution in [0.4, 0.5) is 0 Å². The summed E-state index contributed by atoms with van der Waals surface area (Å²) in [5.74, 6) is 0.901. The lowest BCUT2D eigenvalue weighted by Gasteiger charge is -2.07. The molecule has 2 rings (SSSR count). The lowest BCUT2D eigenvalue weighted by Crippen LogP contribution is -2.03. The molecule has 0 spiro atoms. The Hall–Kier alpha value is -1.72. The lowest BCUT2D eigenvalue weighted by atomic mass is 10.1. The van der Waals surface area contributed by atoms with Crippen molar-refractivity contribution in [1.82, 2.24) is 10.1 Å². The second kappa shape index (κ2) is 5.75. The maximum Gasteiger partial charge on any atom is 0.229 e. The molecule has 1 aromatic carbocycles. The van der Waals surface area contributed by atoms with Crippen LogP contribution < -0.4 is 0 Å². The number of aliphatic hydroxyl groups excluding tert-OH is 1. The van der Waals surface area contributed by atoms with E-state index in [-0.39, 0.29) is 6.10 Å². The van der Waals surface area contributed by atoms with Gasteiger partial charge in [-0.3, -0.25) is 0 Å². The van der Waals surface area contributed by atoms with Gasteiger partial charge in [0.15, 0.2) is 5.82 Å². The van der Waals surface area contributed by atoms with E-state index in [1.54, 1.807) is 7.11 Å². The molecule has 1 aromatic heterocycles. The van der Waals surface area contributed by atoms with Crippen molar-refractivity contribution in [3.63, 3.8) is 0 Å². The van der Waals surface area contributed by atoms with Crippen molar-refractivity contribution in [3.05, 3.63) is 47.6 Å². The first-order chi connectivity index (χ1) is 8.70. The molecule has 2 aromatic rings. The molecule has 0 amide bonds. The van der Waals surface area contributed by atoms with Crippen LogP contribution in [0.5, 0.6) is 0 Å². The zero-order valence-electron chi connectivity index (χ0n) is 10.4. The minimum atomic E-state index is -0.641. The molecule has 0 aliphatic rings. The van der Waals surface area contributed by atoms with E-state index in [2.05, 4.69) is 10.1 Å². The van der Waals surface area contributed by atoms with Crippen LogP contribution >= 0.6 is 0 Å². The first kappa shape index (κ1) is 12.7. The van der Waals surface area contributed by atoms with Crippen molar-refractivity contribution in [2.24, 2.45) is 0 Å². The Morgan fingerprint density at radius 1 is 1.33 bits per heavy atom. The quantitative estimate of drug-likeness (QED) is 0.877. The Balaban J connectivity index is 2.03. The Morgan fingerprint density at radius 3 is 2.72 bits per heavy atom. The third-order valence-corrected chi connectivity index (χ3v) is 2.75. The minimum Gasteiger partial charge on any atom is -0.388 e. The standard InChI is InChI=1S/C13H16N2O3/c1-9(17-2)13-14-12(18-15-13)8-11(16)10-6-4-3-5-7-10/h3-7,9,11,16H,8H2,1-2H3. The third kappa shape index (κ3) is 2.94. The molecule has 0 radical (unpaired) electrons. The maximum absolute atomic E-state index is 10.0. The van der Waals surface area contributed by atoms with E-state index in [0.717, 1.165) is 5.56 Å². The van der Waals surface area contributed by atoms with Crippen LogP contribution in [0.3, 0.4) is 0 Å². The van der Waals surface area contributed by atoms with Crippen LogP contribution in [-0.2, 0) is 11.2 Å². The largest absolute Gasteiger partial charge is 0.388 e. The zero-order valence-corrected chi connectivity index (χ0v) is 10.4. The van der Waals surface area contributed by atoms with Gasteiger partial charge in [0.25, 0.3) is 0 Å². The number of benzene rings is 1. The van der Waals surface area contributed by atoms with Gasteiger partial charge in [-0.2, -0.15) is 4.98 Å². The topological polar surface area (TPSA) is 68.4 Å². The summed E-state index contributed by atoms with van der Waals surface area (Å²) in [6.45, 7) is 1.84.